The van der Waals surface area contributed by atoms with Crippen LogP contribution in [0.2, 0.25) is 0 Å². The largest absolute Gasteiger partial charge is 0.377 e. The molecule has 0 aliphatic heterocycles. The lowest BCUT2D eigenvalue weighted by molar-refractivity contribution is 0.0546. The third kappa shape index (κ3) is 3.25. The Kier molecular flexibility index (Phi) is 3.96. The molecule has 0 radical (unpaired) electrons. The van der Waals surface area contributed by atoms with E-state index in [9.17, 15) is 0 Å². The molecular weight excluding hydrogens is 174 g/mol. The first-order valence-corrected chi connectivity index (χ1v) is 5.82. The second-order valence-corrected chi connectivity index (χ2v) is 5.35. The monoisotopic (exact) mass is 199 g/mol. The smallest absolute Gasteiger partial charge is 0.0626 e. The van der Waals surface area contributed by atoms with Crippen molar-refractivity contribution in [3.05, 3.63) is 0 Å². The topological polar surface area (TPSA) is 21.3 Å². The standard InChI is InChI=1S/C12H25NO/c1-6-13-11(8-14-9(2)3)10-7-12(10,4)5/h9-11,13H,6-8H2,1-5H3. The lowest BCUT2D eigenvalue weighted by atomic mass is 10.0. The summed E-state index contributed by atoms with van der Waals surface area (Å²) in [6.45, 7) is 13.0. The summed E-state index contributed by atoms with van der Waals surface area (Å²) in [6.07, 6.45) is 1.68. The highest BCUT2D eigenvalue weighted by Gasteiger charge is 2.49. The molecule has 2 nitrogen and oxygen atoms in total. The zero-order valence-electron chi connectivity index (χ0n) is 10.3. The van der Waals surface area contributed by atoms with Crippen LogP contribution in [0, 0.1) is 11.3 Å². The number of ether oxygens (including phenoxy) is 1. The summed E-state index contributed by atoms with van der Waals surface area (Å²) in [5.74, 6) is 0.807. The first kappa shape index (κ1) is 12.0. The van der Waals surface area contributed by atoms with Crippen LogP contribution in [0.5, 0.6) is 0 Å². The van der Waals surface area contributed by atoms with Crippen LogP contribution in [0.4, 0.5) is 0 Å². The van der Waals surface area contributed by atoms with Crippen LogP contribution in [0.25, 0.3) is 0 Å². The minimum absolute atomic E-state index is 0.345. The molecule has 0 saturated heterocycles. The molecule has 0 bridgehead atoms. The van der Waals surface area contributed by atoms with E-state index < -0.39 is 0 Å². The van der Waals surface area contributed by atoms with Crippen LogP contribution >= 0.6 is 0 Å². The van der Waals surface area contributed by atoms with Crippen molar-refractivity contribution in [3.8, 4) is 0 Å². The molecule has 0 aromatic heterocycles. The van der Waals surface area contributed by atoms with E-state index in [-0.39, 0.29) is 0 Å². The first-order chi connectivity index (χ1) is 6.47. The van der Waals surface area contributed by atoms with Crippen molar-refractivity contribution in [2.75, 3.05) is 13.2 Å². The summed E-state index contributed by atoms with van der Waals surface area (Å²) < 4.78 is 5.69. The van der Waals surface area contributed by atoms with Gasteiger partial charge in [-0.3, -0.25) is 0 Å². The van der Waals surface area contributed by atoms with Gasteiger partial charge in [0, 0.05) is 6.04 Å². The fourth-order valence-electron chi connectivity index (χ4n) is 2.07. The van der Waals surface area contributed by atoms with Crippen molar-refractivity contribution < 1.29 is 4.74 Å². The van der Waals surface area contributed by atoms with E-state index >= 15 is 0 Å². The Balaban J connectivity index is 2.33. The summed E-state index contributed by atoms with van der Waals surface area (Å²) in [5.41, 5.74) is 0.535. The molecule has 0 aromatic carbocycles. The van der Waals surface area contributed by atoms with E-state index in [1.54, 1.807) is 0 Å². The van der Waals surface area contributed by atoms with Gasteiger partial charge in [-0.2, -0.15) is 0 Å². The van der Waals surface area contributed by atoms with Crippen LogP contribution < -0.4 is 5.32 Å². The Morgan fingerprint density at radius 2 is 2.00 bits per heavy atom. The molecule has 84 valence electrons. The molecule has 1 aliphatic rings. The predicted molar refractivity (Wildman–Crippen MR) is 60.4 cm³/mol. The van der Waals surface area contributed by atoms with Gasteiger partial charge in [0.25, 0.3) is 0 Å². The van der Waals surface area contributed by atoms with E-state index in [0.717, 1.165) is 19.1 Å². The van der Waals surface area contributed by atoms with Gasteiger partial charge >= 0.3 is 0 Å². The number of hydrogen-bond acceptors (Lipinski definition) is 2. The van der Waals surface area contributed by atoms with E-state index in [1.807, 2.05) is 0 Å². The highest BCUT2D eigenvalue weighted by atomic mass is 16.5. The molecule has 0 aromatic rings. The first-order valence-electron chi connectivity index (χ1n) is 5.82. The molecule has 14 heavy (non-hydrogen) atoms. The normalized spacial score (nSPS) is 26.6. The number of rotatable bonds is 6. The molecule has 1 saturated carbocycles. The van der Waals surface area contributed by atoms with Gasteiger partial charge in [0.15, 0.2) is 0 Å². The minimum Gasteiger partial charge on any atom is -0.377 e. The molecule has 2 heteroatoms. The fraction of sp³-hybridized carbons (Fsp3) is 1.00. The molecule has 0 heterocycles. The quantitative estimate of drug-likeness (QED) is 0.709. The second-order valence-electron chi connectivity index (χ2n) is 5.35. The molecule has 1 rings (SSSR count). The maximum absolute atomic E-state index is 5.69. The van der Waals surface area contributed by atoms with Crippen molar-refractivity contribution in [3.63, 3.8) is 0 Å². The molecular formula is C12H25NO. The highest BCUT2D eigenvalue weighted by Crippen LogP contribution is 2.53. The van der Waals surface area contributed by atoms with Crippen molar-refractivity contribution in [2.24, 2.45) is 11.3 Å². The lowest BCUT2D eigenvalue weighted by Gasteiger charge is -2.21. The van der Waals surface area contributed by atoms with Crippen molar-refractivity contribution in [1.82, 2.24) is 5.32 Å². The van der Waals surface area contributed by atoms with Gasteiger partial charge in [-0.15, -0.1) is 0 Å². The zero-order valence-corrected chi connectivity index (χ0v) is 10.3. The van der Waals surface area contributed by atoms with Gasteiger partial charge in [0.2, 0.25) is 0 Å². The van der Waals surface area contributed by atoms with Gasteiger partial charge in [0.1, 0.15) is 0 Å². The zero-order chi connectivity index (χ0) is 10.8. The highest BCUT2D eigenvalue weighted by molar-refractivity contribution is 5.01. The fourth-order valence-corrected chi connectivity index (χ4v) is 2.07. The Morgan fingerprint density at radius 3 is 2.36 bits per heavy atom. The molecule has 1 aliphatic carbocycles. The van der Waals surface area contributed by atoms with Crippen LogP contribution in [0.1, 0.15) is 41.0 Å². The van der Waals surface area contributed by atoms with Crippen LogP contribution in [-0.4, -0.2) is 25.3 Å². The molecule has 2 unspecified atom stereocenters. The van der Waals surface area contributed by atoms with E-state index in [0.29, 0.717) is 17.6 Å². The van der Waals surface area contributed by atoms with E-state index in [1.165, 1.54) is 6.42 Å². The Morgan fingerprint density at radius 1 is 1.43 bits per heavy atom. The average molecular weight is 199 g/mol. The Bertz CT molecular complexity index is 177. The number of likely N-dealkylation sites (N-methyl/N-ethyl adjacent to an activating group) is 1. The summed E-state index contributed by atoms with van der Waals surface area (Å²) >= 11 is 0. The van der Waals surface area contributed by atoms with Gasteiger partial charge < -0.3 is 10.1 Å². The molecule has 0 amide bonds. The van der Waals surface area contributed by atoms with Crippen molar-refractivity contribution >= 4 is 0 Å². The van der Waals surface area contributed by atoms with Crippen molar-refractivity contribution in [2.45, 2.75) is 53.2 Å². The van der Waals surface area contributed by atoms with E-state index in [2.05, 4.69) is 39.9 Å². The maximum atomic E-state index is 5.69. The Labute approximate surface area is 88.4 Å². The SMILES string of the molecule is CCNC(COC(C)C)C1CC1(C)C. The van der Waals surface area contributed by atoms with Gasteiger partial charge in [-0.25, -0.2) is 0 Å². The van der Waals surface area contributed by atoms with Gasteiger partial charge in [0.05, 0.1) is 12.7 Å². The van der Waals surface area contributed by atoms with Gasteiger partial charge in [-0.05, 0) is 38.1 Å². The van der Waals surface area contributed by atoms with Crippen LogP contribution in [0.3, 0.4) is 0 Å². The average Bonchev–Trinajstić information content (AvgIpc) is 2.68. The summed E-state index contributed by atoms with van der Waals surface area (Å²) in [7, 11) is 0. The molecule has 0 spiro atoms. The lowest BCUT2D eigenvalue weighted by Crippen LogP contribution is -2.37. The van der Waals surface area contributed by atoms with Crippen molar-refractivity contribution in [1.29, 1.82) is 0 Å². The third-order valence-corrected chi connectivity index (χ3v) is 3.15. The summed E-state index contributed by atoms with van der Waals surface area (Å²) in [4.78, 5) is 0. The van der Waals surface area contributed by atoms with Crippen LogP contribution in [0.15, 0.2) is 0 Å². The van der Waals surface area contributed by atoms with E-state index in [4.69, 9.17) is 4.74 Å². The summed E-state index contributed by atoms with van der Waals surface area (Å²) in [5, 5.41) is 3.53. The maximum Gasteiger partial charge on any atom is 0.0626 e. The minimum atomic E-state index is 0.345. The molecule has 1 N–H and O–H groups in total. The van der Waals surface area contributed by atoms with Crippen LogP contribution in [-0.2, 0) is 4.74 Å². The molecule has 2 atom stereocenters. The molecule has 1 fully saturated rings. The number of hydrogen-bond donors (Lipinski definition) is 1. The Hall–Kier alpha value is -0.0800. The number of nitrogens with one attached hydrogen (secondary N) is 1. The summed E-state index contributed by atoms with van der Waals surface area (Å²) in [6, 6.07) is 0.553. The predicted octanol–water partition coefficient (Wildman–Crippen LogP) is 2.44. The third-order valence-electron chi connectivity index (χ3n) is 3.15. The van der Waals surface area contributed by atoms with Gasteiger partial charge in [-0.1, -0.05) is 20.8 Å². The second kappa shape index (κ2) is 4.63.